The normalized spacial score (nSPS) is 13.9. The van der Waals surface area contributed by atoms with Crippen LogP contribution in [-0.2, 0) is 4.74 Å². The van der Waals surface area contributed by atoms with Crippen LogP contribution in [0.25, 0.3) is 5.69 Å². The summed E-state index contributed by atoms with van der Waals surface area (Å²) in [6, 6.07) is 15.9. The van der Waals surface area contributed by atoms with Crippen molar-refractivity contribution < 1.29 is 14.3 Å². The van der Waals surface area contributed by atoms with Crippen molar-refractivity contribution in [1.82, 2.24) is 19.9 Å². The van der Waals surface area contributed by atoms with Gasteiger partial charge in [-0.2, -0.15) is 4.68 Å². The topological polar surface area (TPSA) is 115 Å². The molecule has 1 saturated heterocycles. The molecule has 0 atom stereocenters. The van der Waals surface area contributed by atoms with E-state index in [1.165, 1.54) is 4.68 Å². The molecule has 2 amide bonds. The van der Waals surface area contributed by atoms with Crippen molar-refractivity contribution in [1.29, 1.82) is 0 Å². The standard InChI is InChI=1S/C20H20N6O3/c21-18-17(20(28)25-9-11-29-12-10-25)23-24-26(18)16-8-4-7-15(13-16)22-19(27)14-5-2-1-3-6-14/h1-8,13H,9-12,21H2,(H,22,27). The van der Waals surface area contributed by atoms with Gasteiger partial charge in [-0.05, 0) is 30.3 Å². The predicted octanol–water partition coefficient (Wildman–Crippen LogP) is 1.57. The molecule has 1 aliphatic rings. The van der Waals surface area contributed by atoms with Gasteiger partial charge in [0.25, 0.3) is 11.8 Å². The third-order valence-electron chi connectivity index (χ3n) is 4.59. The molecule has 0 bridgehead atoms. The quantitative estimate of drug-likeness (QED) is 0.696. The summed E-state index contributed by atoms with van der Waals surface area (Å²) in [4.78, 5) is 26.7. The Morgan fingerprint density at radius 2 is 1.79 bits per heavy atom. The smallest absolute Gasteiger partial charge is 0.278 e. The number of ether oxygens (including phenoxy) is 1. The molecule has 1 aromatic heterocycles. The zero-order chi connectivity index (χ0) is 20.2. The van der Waals surface area contributed by atoms with E-state index in [1.54, 1.807) is 53.4 Å². The molecule has 3 aromatic rings. The Balaban J connectivity index is 1.55. The molecule has 2 aromatic carbocycles. The number of carbonyl (C=O) groups excluding carboxylic acids is 2. The number of anilines is 2. The molecule has 1 fully saturated rings. The minimum absolute atomic E-state index is 0.102. The van der Waals surface area contributed by atoms with Crippen LogP contribution in [0.5, 0.6) is 0 Å². The zero-order valence-electron chi connectivity index (χ0n) is 15.6. The van der Waals surface area contributed by atoms with Gasteiger partial charge in [0.2, 0.25) is 0 Å². The van der Waals surface area contributed by atoms with Crippen molar-refractivity contribution in [3.8, 4) is 5.69 Å². The fourth-order valence-electron chi connectivity index (χ4n) is 3.06. The number of nitrogen functional groups attached to an aromatic ring is 1. The zero-order valence-corrected chi connectivity index (χ0v) is 15.6. The number of hydrogen-bond acceptors (Lipinski definition) is 6. The van der Waals surface area contributed by atoms with E-state index in [-0.39, 0.29) is 23.3 Å². The highest BCUT2D eigenvalue weighted by molar-refractivity contribution is 6.04. The summed E-state index contributed by atoms with van der Waals surface area (Å²) in [5.41, 5.74) is 7.97. The SMILES string of the molecule is Nc1c(C(=O)N2CCOCC2)nnn1-c1cccc(NC(=O)c2ccccc2)c1. The van der Waals surface area contributed by atoms with Crippen LogP contribution >= 0.6 is 0 Å². The predicted molar refractivity (Wildman–Crippen MR) is 107 cm³/mol. The summed E-state index contributed by atoms with van der Waals surface area (Å²) in [6.45, 7) is 1.96. The van der Waals surface area contributed by atoms with E-state index in [9.17, 15) is 9.59 Å². The van der Waals surface area contributed by atoms with E-state index in [1.807, 2.05) is 6.07 Å². The Hall–Kier alpha value is -3.72. The summed E-state index contributed by atoms with van der Waals surface area (Å²) in [6.07, 6.45) is 0. The maximum absolute atomic E-state index is 12.7. The van der Waals surface area contributed by atoms with Gasteiger partial charge in [-0.25, -0.2) is 0 Å². The number of nitrogens with zero attached hydrogens (tertiary/aromatic N) is 4. The van der Waals surface area contributed by atoms with Crippen molar-refractivity contribution in [3.05, 3.63) is 65.9 Å². The van der Waals surface area contributed by atoms with Crippen molar-refractivity contribution in [3.63, 3.8) is 0 Å². The van der Waals surface area contributed by atoms with Gasteiger partial charge in [0.1, 0.15) is 0 Å². The highest BCUT2D eigenvalue weighted by Crippen LogP contribution is 2.20. The number of carbonyl (C=O) groups is 2. The number of aromatic nitrogens is 3. The number of morpholine rings is 1. The molecular formula is C20H20N6O3. The van der Waals surface area contributed by atoms with Crippen LogP contribution in [0.2, 0.25) is 0 Å². The number of hydrogen-bond donors (Lipinski definition) is 2. The average molecular weight is 392 g/mol. The van der Waals surface area contributed by atoms with Crippen molar-refractivity contribution in [2.24, 2.45) is 0 Å². The second-order valence-corrected chi connectivity index (χ2v) is 6.51. The van der Waals surface area contributed by atoms with E-state index in [2.05, 4.69) is 15.6 Å². The lowest BCUT2D eigenvalue weighted by atomic mass is 10.2. The van der Waals surface area contributed by atoms with Crippen molar-refractivity contribution >= 4 is 23.3 Å². The van der Waals surface area contributed by atoms with Gasteiger partial charge in [-0.15, -0.1) is 5.10 Å². The van der Waals surface area contributed by atoms with Gasteiger partial charge in [-0.3, -0.25) is 9.59 Å². The van der Waals surface area contributed by atoms with Crippen LogP contribution in [0.4, 0.5) is 11.5 Å². The van der Waals surface area contributed by atoms with E-state index < -0.39 is 0 Å². The molecule has 29 heavy (non-hydrogen) atoms. The number of rotatable bonds is 4. The number of benzene rings is 2. The largest absolute Gasteiger partial charge is 0.382 e. The third-order valence-corrected chi connectivity index (χ3v) is 4.59. The van der Waals surface area contributed by atoms with E-state index in [4.69, 9.17) is 10.5 Å². The van der Waals surface area contributed by atoms with Gasteiger partial charge < -0.3 is 20.7 Å². The molecule has 9 heteroatoms. The van der Waals surface area contributed by atoms with Gasteiger partial charge in [-0.1, -0.05) is 29.5 Å². The molecule has 4 rings (SSSR count). The molecule has 0 radical (unpaired) electrons. The minimum Gasteiger partial charge on any atom is -0.382 e. The first-order valence-electron chi connectivity index (χ1n) is 9.18. The Kier molecular flexibility index (Phi) is 5.21. The maximum atomic E-state index is 12.7. The number of nitrogens with one attached hydrogen (secondary N) is 1. The summed E-state index contributed by atoms with van der Waals surface area (Å²) in [5, 5.41) is 10.8. The molecule has 0 unspecified atom stereocenters. The molecule has 0 aliphatic carbocycles. The summed E-state index contributed by atoms with van der Waals surface area (Å²) in [5.74, 6) is -0.351. The lowest BCUT2D eigenvalue weighted by Gasteiger charge is -2.26. The highest BCUT2D eigenvalue weighted by Gasteiger charge is 2.25. The van der Waals surface area contributed by atoms with E-state index >= 15 is 0 Å². The Morgan fingerprint density at radius 3 is 2.55 bits per heavy atom. The number of nitrogens with two attached hydrogens (primary N) is 1. The van der Waals surface area contributed by atoms with Crippen molar-refractivity contribution in [2.45, 2.75) is 0 Å². The maximum Gasteiger partial charge on any atom is 0.278 e. The first-order valence-corrected chi connectivity index (χ1v) is 9.18. The lowest BCUT2D eigenvalue weighted by molar-refractivity contribution is 0.0299. The van der Waals surface area contributed by atoms with Gasteiger partial charge in [0, 0.05) is 24.3 Å². The second kappa shape index (κ2) is 8.11. The summed E-state index contributed by atoms with van der Waals surface area (Å²) in [7, 11) is 0. The molecular weight excluding hydrogens is 372 g/mol. The summed E-state index contributed by atoms with van der Waals surface area (Å²) >= 11 is 0. The van der Waals surface area contributed by atoms with Crippen LogP contribution in [0.15, 0.2) is 54.6 Å². The average Bonchev–Trinajstić information content (AvgIpc) is 3.16. The summed E-state index contributed by atoms with van der Waals surface area (Å²) < 4.78 is 6.65. The third kappa shape index (κ3) is 3.94. The minimum atomic E-state index is -0.273. The fourth-order valence-corrected chi connectivity index (χ4v) is 3.06. The second-order valence-electron chi connectivity index (χ2n) is 6.51. The molecule has 148 valence electrons. The van der Waals surface area contributed by atoms with E-state index in [0.717, 1.165) is 0 Å². The van der Waals surface area contributed by atoms with Crippen LogP contribution in [0, 0.1) is 0 Å². The molecule has 3 N–H and O–H groups in total. The van der Waals surface area contributed by atoms with Crippen LogP contribution < -0.4 is 11.1 Å². The monoisotopic (exact) mass is 392 g/mol. The lowest BCUT2D eigenvalue weighted by Crippen LogP contribution is -2.41. The van der Waals surface area contributed by atoms with E-state index in [0.29, 0.717) is 43.2 Å². The van der Waals surface area contributed by atoms with Crippen LogP contribution in [-0.4, -0.2) is 58.0 Å². The van der Waals surface area contributed by atoms with Crippen LogP contribution in [0.3, 0.4) is 0 Å². The molecule has 0 saturated carbocycles. The van der Waals surface area contributed by atoms with Gasteiger partial charge in [0.05, 0.1) is 18.9 Å². The fraction of sp³-hybridized carbons (Fsp3) is 0.200. The molecule has 0 spiro atoms. The first-order chi connectivity index (χ1) is 14.1. The molecule has 2 heterocycles. The molecule has 1 aliphatic heterocycles. The Labute approximate surface area is 167 Å². The number of amides is 2. The van der Waals surface area contributed by atoms with Gasteiger partial charge >= 0.3 is 0 Å². The van der Waals surface area contributed by atoms with Gasteiger partial charge in [0.15, 0.2) is 11.5 Å². The van der Waals surface area contributed by atoms with Crippen LogP contribution in [0.1, 0.15) is 20.8 Å². The Morgan fingerprint density at radius 1 is 1.03 bits per heavy atom. The Bertz CT molecular complexity index is 1030. The highest BCUT2D eigenvalue weighted by atomic mass is 16.5. The first kappa shape index (κ1) is 18.6. The molecule has 9 nitrogen and oxygen atoms in total. The van der Waals surface area contributed by atoms with Crippen molar-refractivity contribution in [2.75, 3.05) is 37.4 Å².